The molecule has 29 heavy (non-hydrogen) atoms. The quantitative estimate of drug-likeness (QED) is 0.223. The van der Waals surface area contributed by atoms with Crippen LogP contribution in [-0.4, -0.2) is 36.5 Å². The Morgan fingerprint density at radius 1 is 1.14 bits per heavy atom. The molecule has 0 aliphatic carbocycles. The molecule has 0 bridgehead atoms. The number of carbonyl (C=O) groups is 1. The van der Waals surface area contributed by atoms with Gasteiger partial charge in [0.15, 0.2) is 5.96 Å². The van der Waals surface area contributed by atoms with Crippen molar-refractivity contribution < 1.29 is 9.18 Å². The molecule has 0 aliphatic rings. The van der Waals surface area contributed by atoms with Crippen LogP contribution in [0.25, 0.3) is 10.9 Å². The van der Waals surface area contributed by atoms with E-state index in [4.69, 9.17) is 0 Å². The Morgan fingerprint density at radius 3 is 2.76 bits per heavy atom. The zero-order valence-electron chi connectivity index (χ0n) is 16.2. The number of halogens is 2. The number of fused-ring (bicyclic) bond motifs is 1. The fourth-order valence-electron chi connectivity index (χ4n) is 2.91. The van der Waals surface area contributed by atoms with Crippen LogP contribution in [0.5, 0.6) is 0 Å². The van der Waals surface area contributed by atoms with Crippen LogP contribution in [0.4, 0.5) is 10.1 Å². The van der Waals surface area contributed by atoms with Crippen molar-refractivity contribution in [3.05, 3.63) is 66.1 Å². The number of guanidine groups is 1. The number of aromatic nitrogens is 1. The molecular weight excluding hydrogens is 484 g/mol. The van der Waals surface area contributed by atoms with Gasteiger partial charge in [0.2, 0.25) is 5.91 Å². The average molecular weight is 509 g/mol. The lowest BCUT2D eigenvalue weighted by molar-refractivity contribution is -0.114. The minimum atomic E-state index is -0.395. The van der Waals surface area contributed by atoms with Crippen molar-refractivity contribution in [3.63, 3.8) is 0 Å². The second-order valence-electron chi connectivity index (χ2n) is 6.29. The highest BCUT2D eigenvalue weighted by Gasteiger charge is 2.06. The molecule has 1 amide bonds. The maximum Gasteiger partial charge on any atom is 0.246 e. The van der Waals surface area contributed by atoms with Crippen LogP contribution in [0.3, 0.4) is 0 Å². The summed E-state index contributed by atoms with van der Waals surface area (Å²) in [6.45, 7) is 3.27. The molecule has 2 aromatic carbocycles. The number of rotatable bonds is 7. The van der Waals surface area contributed by atoms with Gasteiger partial charge in [0.05, 0.1) is 0 Å². The Bertz CT molecular complexity index is 972. The number of benzene rings is 2. The average Bonchev–Trinajstić information content (AvgIpc) is 3.09. The van der Waals surface area contributed by atoms with Gasteiger partial charge in [-0.3, -0.25) is 4.79 Å². The minimum Gasteiger partial charge on any atom is -0.361 e. The van der Waals surface area contributed by atoms with Crippen molar-refractivity contribution >= 4 is 52.4 Å². The zero-order valence-corrected chi connectivity index (χ0v) is 18.5. The lowest BCUT2D eigenvalue weighted by atomic mass is 10.1. The van der Waals surface area contributed by atoms with Gasteiger partial charge in [-0.2, -0.15) is 0 Å². The summed E-state index contributed by atoms with van der Waals surface area (Å²) in [4.78, 5) is 19.6. The molecular formula is C21H25FIN5O. The molecule has 0 fully saturated rings. The Balaban J connectivity index is 0.00000300. The van der Waals surface area contributed by atoms with Gasteiger partial charge in [0.25, 0.3) is 0 Å². The van der Waals surface area contributed by atoms with Crippen LogP contribution >= 0.6 is 24.0 Å². The van der Waals surface area contributed by atoms with E-state index in [1.807, 2.05) is 25.3 Å². The maximum absolute atomic E-state index is 13.2. The third-order valence-electron chi connectivity index (χ3n) is 4.20. The van der Waals surface area contributed by atoms with Crippen molar-refractivity contribution in [1.82, 2.24) is 15.6 Å². The van der Waals surface area contributed by atoms with Crippen molar-refractivity contribution in [2.24, 2.45) is 4.99 Å². The number of H-pyrrole nitrogens is 1. The Hall–Kier alpha value is -2.62. The van der Waals surface area contributed by atoms with E-state index in [0.29, 0.717) is 24.7 Å². The summed E-state index contributed by atoms with van der Waals surface area (Å²) < 4.78 is 13.2. The fourth-order valence-corrected chi connectivity index (χ4v) is 2.91. The summed E-state index contributed by atoms with van der Waals surface area (Å²) in [6, 6.07) is 14.0. The van der Waals surface area contributed by atoms with Crippen LogP contribution < -0.4 is 16.0 Å². The molecule has 0 atom stereocenters. The molecule has 1 aromatic heterocycles. The van der Waals surface area contributed by atoms with E-state index in [2.05, 4.69) is 38.1 Å². The van der Waals surface area contributed by atoms with E-state index in [-0.39, 0.29) is 36.4 Å². The number of hydrogen-bond donors (Lipinski definition) is 4. The highest BCUT2D eigenvalue weighted by atomic mass is 127. The monoisotopic (exact) mass is 509 g/mol. The molecule has 4 N–H and O–H groups in total. The number of amides is 1. The third-order valence-corrected chi connectivity index (χ3v) is 4.20. The van der Waals surface area contributed by atoms with Gasteiger partial charge in [-0.1, -0.05) is 24.3 Å². The first kappa shape index (κ1) is 22.7. The lowest BCUT2D eigenvalue weighted by Gasteiger charge is -2.11. The highest BCUT2D eigenvalue weighted by Crippen LogP contribution is 2.17. The summed E-state index contributed by atoms with van der Waals surface area (Å²) in [5.74, 6) is -0.134. The zero-order chi connectivity index (χ0) is 19.8. The molecule has 0 spiro atoms. The number of para-hydroxylation sites is 1. The Morgan fingerprint density at radius 2 is 1.97 bits per heavy atom. The molecule has 0 aliphatic heterocycles. The van der Waals surface area contributed by atoms with Gasteiger partial charge < -0.3 is 20.9 Å². The van der Waals surface area contributed by atoms with Crippen LogP contribution in [0, 0.1) is 5.82 Å². The summed E-state index contributed by atoms with van der Waals surface area (Å²) in [5.41, 5.74) is 2.76. The molecule has 1 heterocycles. The van der Waals surface area contributed by atoms with Crippen molar-refractivity contribution in [1.29, 1.82) is 0 Å². The second kappa shape index (κ2) is 11.4. The lowest BCUT2D eigenvalue weighted by Crippen LogP contribution is -2.39. The van der Waals surface area contributed by atoms with E-state index in [0.717, 1.165) is 11.9 Å². The SMILES string of the molecule is CCNC(=NCC(=O)Nc1cccc(F)c1)NCCc1c[nH]c2ccccc12.I. The van der Waals surface area contributed by atoms with Gasteiger partial charge in [-0.05, 0) is 43.2 Å². The minimum absolute atomic E-state index is 0. The maximum atomic E-state index is 13.2. The molecule has 0 saturated heterocycles. The van der Waals surface area contributed by atoms with Gasteiger partial charge >= 0.3 is 0 Å². The predicted molar refractivity (Wildman–Crippen MR) is 126 cm³/mol. The highest BCUT2D eigenvalue weighted by molar-refractivity contribution is 14.0. The first-order chi connectivity index (χ1) is 13.7. The van der Waals surface area contributed by atoms with E-state index >= 15 is 0 Å². The summed E-state index contributed by atoms with van der Waals surface area (Å²) in [7, 11) is 0. The van der Waals surface area contributed by atoms with E-state index in [9.17, 15) is 9.18 Å². The van der Waals surface area contributed by atoms with Crippen molar-refractivity contribution in [2.45, 2.75) is 13.3 Å². The van der Waals surface area contributed by atoms with E-state index in [1.165, 1.54) is 23.1 Å². The smallest absolute Gasteiger partial charge is 0.246 e. The van der Waals surface area contributed by atoms with Crippen LogP contribution in [0.1, 0.15) is 12.5 Å². The first-order valence-electron chi connectivity index (χ1n) is 9.28. The normalized spacial score (nSPS) is 11.0. The molecule has 3 rings (SSSR count). The number of aliphatic imine (C=N–C) groups is 1. The third kappa shape index (κ3) is 6.74. The number of aromatic amines is 1. The number of nitrogens with one attached hydrogen (secondary N) is 4. The van der Waals surface area contributed by atoms with E-state index < -0.39 is 5.82 Å². The summed E-state index contributed by atoms with van der Waals surface area (Å²) in [6.07, 6.45) is 2.84. The van der Waals surface area contributed by atoms with Gasteiger partial charge in [0, 0.05) is 35.9 Å². The van der Waals surface area contributed by atoms with Gasteiger partial charge in [0.1, 0.15) is 12.4 Å². The Kier molecular flexibility index (Phi) is 8.91. The topological polar surface area (TPSA) is 81.3 Å². The van der Waals surface area contributed by atoms with E-state index in [1.54, 1.807) is 12.1 Å². The van der Waals surface area contributed by atoms with Gasteiger partial charge in [-0.25, -0.2) is 9.38 Å². The largest absolute Gasteiger partial charge is 0.361 e. The number of hydrogen-bond acceptors (Lipinski definition) is 2. The number of anilines is 1. The second-order valence-corrected chi connectivity index (χ2v) is 6.29. The van der Waals surface area contributed by atoms with Crippen LogP contribution in [-0.2, 0) is 11.2 Å². The molecule has 8 heteroatoms. The van der Waals surface area contributed by atoms with Gasteiger partial charge in [-0.15, -0.1) is 24.0 Å². The molecule has 154 valence electrons. The van der Waals surface area contributed by atoms with Crippen molar-refractivity contribution in [3.8, 4) is 0 Å². The standard InChI is InChI=1S/C21H24FN5O.HI/c1-2-23-21(26-14-20(28)27-17-7-5-6-16(22)12-17)24-11-10-15-13-25-19-9-4-3-8-18(15)19;/h3-9,12-13,25H,2,10-11,14H2,1H3,(H,27,28)(H2,23,24,26);1H. The Labute approximate surface area is 186 Å². The molecule has 3 aromatic rings. The van der Waals surface area contributed by atoms with Crippen molar-refractivity contribution in [2.75, 3.05) is 25.0 Å². The molecule has 6 nitrogen and oxygen atoms in total. The fraction of sp³-hybridized carbons (Fsp3) is 0.238. The molecule has 0 unspecified atom stereocenters. The van der Waals surface area contributed by atoms with Crippen LogP contribution in [0.2, 0.25) is 0 Å². The number of nitrogens with zero attached hydrogens (tertiary/aromatic N) is 1. The predicted octanol–water partition coefficient (Wildman–Crippen LogP) is 3.66. The number of carbonyl (C=O) groups excluding carboxylic acids is 1. The first-order valence-corrected chi connectivity index (χ1v) is 9.28. The molecule has 0 radical (unpaired) electrons. The van der Waals surface area contributed by atoms with Crippen LogP contribution in [0.15, 0.2) is 59.7 Å². The summed E-state index contributed by atoms with van der Waals surface area (Å²) in [5, 5.41) is 10.2. The summed E-state index contributed by atoms with van der Waals surface area (Å²) >= 11 is 0. The molecule has 0 saturated carbocycles.